The van der Waals surface area contributed by atoms with Gasteiger partial charge in [0.15, 0.2) is 6.61 Å². The fourth-order valence-corrected chi connectivity index (χ4v) is 5.53. The van der Waals surface area contributed by atoms with Crippen LogP contribution in [0.4, 0.5) is 5.82 Å². The number of Topliss-reactive ketones (excluding diaryl/α,β-unsaturated/α-hetero) is 1. The van der Waals surface area contributed by atoms with Crippen LogP contribution >= 0.6 is 0 Å². The minimum absolute atomic E-state index is 0.0725. The Balaban J connectivity index is 1.85. The molecule has 1 fully saturated rings. The topological polar surface area (TPSA) is 160 Å². The Hall–Kier alpha value is -3.45. The molecular weight excluding hydrogens is 480 g/mol. The summed E-state index contributed by atoms with van der Waals surface area (Å²) in [6.45, 7) is -0.105. The second-order valence-electron chi connectivity index (χ2n) is 8.15. The fourth-order valence-electron chi connectivity index (χ4n) is 3.83. The van der Waals surface area contributed by atoms with Gasteiger partial charge in [-0.3, -0.25) is 18.7 Å². The maximum atomic E-state index is 13.3. The standard InChI is InChI=1S/C22H28N4O8S/c1-24-19(23)18(20(28)25(2)22(24)30)15(27)13-34-21(29)14-8-9-16(33-3)17(12-14)35(31,32)26-10-6-4-5-7-11-26/h8-9,12H,4-7,10-11,13,23H2,1-3H3. The van der Waals surface area contributed by atoms with Crippen LogP contribution in [0.5, 0.6) is 5.75 Å². The van der Waals surface area contributed by atoms with Crippen molar-refractivity contribution >= 4 is 27.6 Å². The van der Waals surface area contributed by atoms with Crippen LogP contribution in [0.1, 0.15) is 46.4 Å². The lowest BCUT2D eigenvalue weighted by molar-refractivity contribution is 0.0474. The molecule has 3 rings (SSSR count). The van der Waals surface area contributed by atoms with Crippen molar-refractivity contribution in [3.8, 4) is 5.75 Å². The molecule has 1 aromatic heterocycles. The lowest BCUT2D eigenvalue weighted by Crippen LogP contribution is -2.42. The molecule has 0 atom stereocenters. The van der Waals surface area contributed by atoms with Gasteiger partial charge in [-0.15, -0.1) is 0 Å². The Morgan fingerprint density at radius 1 is 1.03 bits per heavy atom. The molecule has 0 amide bonds. The monoisotopic (exact) mass is 508 g/mol. The quantitative estimate of drug-likeness (QED) is 0.409. The summed E-state index contributed by atoms with van der Waals surface area (Å²) in [7, 11) is -0.132. The number of nitrogens with zero attached hydrogens (tertiary/aromatic N) is 3. The van der Waals surface area contributed by atoms with E-state index in [1.165, 1.54) is 37.6 Å². The molecule has 0 radical (unpaired) electrons. The summed E-state index contributed by atoms with van der Waals surface area (Å²) in [5, 5.41) is 0. The number of methoxy groups -OCH3 is 1. The first-order valence-corrected chi connectivity index (χ1v) is 12.4. The van der Waals surface area contributed by atoms with Gasteiger partial charge in [0, 0.05) is 27.2 Å². The molecule has 2 N–H and O–H groups in total. The highest BCUT2D eigenvalue weighted by Gasteiger charge is 2.30. The minimum atomic E-state index is -3.94. The molecule has 0 saturated carbocycles. The SMILES string of the molecule is COc1ccc(C(=O)OCC(=O)c2c(N)n(C)c(=O)n(C)c2=O)cc1S(=O)(=O)N1CCCCCC1. The first kappa shape index (κ1) is 26.2. The minimum Gasteiger partial charge on any atom is -0.495 e. The summed E-state index contributed by atoms with van der Waals surface area (Å²) in [4.78, 5) is 49.3. The van der Waals surface area contributed by atoms with Gasteiger partial charge in [0.2, 0.25) is 15.8 Å². The van der Waals surface area contributed by atoms with Crippen LogP contribution in [0, 0.1) is 0 Å². The van der Waals surface area contributed by atoms with Crippen LogP contribution in [0.25, 0.3) is 0 Å². The van der Waals surface area contributed by atoms with E-state index >= 15 is 0 Å². The van der Waals surface area contributed by atoms with Gasteiger partial charge in [-0.1, -0.05) is 12.8 Å². The third kappa shape index (κ3) is 5.15. The Morgan fingerprint density at radius 3 is 2.26 bits per heavy atom. The zero-order valence-electron chi connectivity index (χ0n) is 19.8. The molecule has 1 saturated heterocycles. The number of sulfonamides is 1. The molecule has 0 aliphatic carbocycles. The van der Waals surface area contributed by atoms with Crippen LogP contribution in [0.3, 0.4) is 0 Å². The summed E-state index contributed by atoms with van der Waals surface area (Å²) in [5.74, 6) is -2.16. The number of benzene rings is 1. The number of hydrogen-bond acceptors (Lipinski definition) is 9. The van der Waals surface area contributed by atoms with E-state index in [2.05, 4.69) is 0 Å². The highest BCUT2D eigenvalue weighted by molar-refractivity contribution is 7.89. The number of anilines is 1. The molecule has 1 aromatic carbocycles. The van der Waals surface area contributed by atoms with E-state index < -0.39 is 45.2 Å². The summed E-state index contributed by atoms with van der Waals surface area (Å²) in [6.07, 6.45) is 3.34. The molecule has 190 valence electrons. The zero-order valence-corrected chi connectivity index (χ0v) is 20.6. The molecule has 35 heavy (non-hydrogen) atoms. The van der Waals surface area contributed by atoms with Gasteiger partial charge < -0.3 is 15.2 Å². The van der Waals surface area contributed by atoms with E-state index in [-0.39, 0.29) is 22.0 Å². The first-order chi connectivity index (χ1) is 16.5. The van der Waals surface area contributed by atoms with Gasteiger partial charge in [-0.2, -0.15) is 4.31 Å². The predicted octanol–water partition coefficient (Wildman–Crippen LogP) is 0.279. The first-order valence-electron chi connectivity index (χ1n) is 10.9. The number of ketones is 1. The highest BCUT2D eigenvalue weighted by Crippen LogP contribution is 2.29. The third-order valence-electron chi connectivity index (χ3n) is 5.91. The van der Waals surface area contributed by atoms with Gasteiger partial charge in [0.25, 0.3) is 5.56 Å². The smallest absolute Gasteiger partial charge is 0.338 e. The van der Waals surface area contributed by atoms with Crippen molar-refractivity contribution in [1.29, 1.82) is 0 Å². The average Bonchev–Trinajstić information content (AvgIpc) is 3.15. The van der Waals surface area contributed by atoms with Crippen LogP contribution in [-0.2, 0) is 28.9 Å². The van der Waals surface area contributed by atoms with Crippen molar-refractivity contribution in [2.45, 2.75) is 30.6 Å². The molecule has 1 aliphatic heterocycles. The molecule has 2 aromatic rings. The summed E-state index contributed by atoms with van der Waals surface area (Å²) < 4.78 is 39.8. The van der Waals surface area contributed by atoms with E-state index in [1.54, 1.807) is 0 Å². The van der Waals surface area contributed by atoms with E-state index in [4.69, 9.17) is 15.2 Å². The normalized spacial score (nSPS) is 14.8. The second kappa shape index (κ2) is 10.4. The van der Waals surface area contributed by atoms with Gasteiger partial charge in [-0.05, 0) is 31.0 Å². The molecular formula is C22H28N4O8S. The summed E-state index contributed by atoms with van der Waals surface area (Å²) in [5.41, 5.74) is 3.53. The number of aromatic nitrogens is 2. The number of nitrogen functional groups attached to an aromatic ring is 1. The lowest BCUT2D eigenvalue weighted by atomic mass is 10.2. The molecule has 1 aliphatic rings. The number of carbonyl (C=O) groups is 2. The number of esters is 1. The van der Waals surface area contributed by atoms with Crippen molar-refractivity contribution in [2.75, 3.05) is 32.5 Å². The van der Waals surface area contributed by atoms with Crippen LogP contribution < -0.4 is 21.7 Å². The second-order valence-corrected chi connectivity index (χ2v) is 10.1. The third-order valence-corrected chi connectivity index (χ3v) is 7.83. The molecule has 13 heteroatoms. The van der Waals surface area contributed by atoms with E-state index in [9.17, 15) is 27.6 Å². The Bertz CT molecular complexity index is 1370. The largest absolute Gasteiger partial charge is 0.495 e. The van der Waals surface area contributed by atoms with Crippen LogP contribution in [-0.4, -0.2) is 60.4 Å². The van der Waals surface area contributed by atoms with Crippen LogP contribution in [0.2, 0.25) is 0 Å². The lowest BCUT2D eigenvalue weighted by Gasteiger charge is -2.21. The van der Waals surface area contributed by atoms with E-state index in [0.717, 1.165) is 40.9 Å². The molecule has 0 spiro atoms. The van der Waals surface area contributed by atoms with Gasteiger partial charge in [0.1, 0.15) is 22.0 Å². The van der Waals surface area contributed by atoms with Gasteiger partial charge in [0.05, 0.1) is 12.7 Å². The number of carbonyl (C=O) groups excluding carboxylic acids is 2. The predicted molar refractivity (Wildman–Crippen MR) is 126 cm³/mol. The summed E-state index contributed by atoms with van der Waals surface area (Å²) >= 11 is 0. The van der Waals surface area contributed by atoms with Gasteiger partial charge in [-0.25, -0.2) is 18.0 Å². The maximum Gasteiger partial charge on any atom is 0.338 e. The number of ether oxygens (including phenoxy) is 2. The molecule has 0 bridgehead atoms. The maximum absolute atomic E-state index is 13.3. The van der Waals surface area contributed by atoms with E-state index in [1.807, 2.05) is 0 Å². The molecule has 2 heterocycles. The number of rotatable bonds is 7. The Labute approximate surface area is 201 Å². The van der Waals surface area contributed by atoms with Crippen molar-refractivity contribution in [3.63, 3.8) is 0 Å². The van der Waals surface area contributed by atoms with E-state index in [0.29, 0.717) is 13.1 Å². The molecule has 12 nitrogen and oxygen atoms in total. The number of hydrogen-bond donors (Lipinski definition) is 1. The van der Waals surface area contributed by atoms with Crippen molar-refractivity contribution in [1.82, 2.24) is 13.4 Å². The fraction of sp³-hybridized carbons (Fsp3) is 0.455. The zero-order chi connectivity index (χ0) is 25.9. The average molecular weight is 509 g/mol. The van der Waals surface area contributed by atoms with Crippen LogP contribution in [0.15, 0.2) is 32.7 Å². The van der Waals surface area contributed by atoms with Gasteiger partial charge >= 0.3 is 11.7 Å². The Kier molecular flexibility index (Phi) is 7.80. The van der Waals surface area contributed by atoms with Crippen molar-refractivity contribution in [3.05, 3.63) is 50.2 Å². The Morgan fingerprint density at radius 2 is 1.66 bits per heavy atom. The van der Waals surface area contributed by atoms with Crippen molar-refractivity contribution in [2.24, 2.45) is 14.1 Å². The summed E-state index contributed by atoms with van der Waals surface area (Å²) in [6, 6.07) is 3.79. The van der Waals surface area contributed by atoms with Crippen molar-refractivity contribution < 1.29 is 27.5 Å². The molecule has 0 unspecified atom stereocenters. The highest BCUT2D eigenvalue weighted by atomic mass is 32.2. The number of nitrogens with two attached hydrogens (primary N) is 1.